The van der Waals surface area contributed by atoms with Crippen molar-refractivity contribution in [3.05, 3.63) is 33.1 Å². The van der Waals surface area contributed by atoms with E-state index in [0.29, 0.717) is 9.13 Å². The van der Waals surface area contributed by atoms with Crippen molar-refractivity contribution in [3.8, 4) is 0 Å². The Hall–Kier alpha value is -0.300. The summed E-state index contributed by atoms with van der Waals surface area (Å²) in [5, 5.41) is 3.80. The molecule has 0 aromatic heterocycles. The molecule has 0 spiro atoms. The summed E-state index contributed by atoms with van der Waals surface area (Å²) in [4.78, 5) is 12.2. The van der Waals surface area contributed by atoms with Gasteiger partial charge in [-0.2, -0.15) is 11.8 Å². The van der Waals surface area contributed by atoms with Crippen LogP contribution >= 0.6 is 34.4 Å². The summed E-state index contributed by atoms with van der Waals surface area (Å²) in [5.41, 5.74) is 0.564. The molecular formula is C14H17FINOS. The molecule has 1 amide bonds. The molecule has 104 valence electrons. The van der Waals surface area contributed by atoms with Crippen LogP contribution in [0.3, 0.4) is 0 Å². The van der Waals surface area contributed by atoms with E-state index in [9.17, 15) is 9.18 Å². The molecule has 1 aromatic rings. The van der Waals surface area contributed by atoms with Crippen LogP contribution in [0.25, 0.3) is 0 Å². The van der Waals surface area contributed by atoms with Crippen molar-refractivity contribution in [1.29, 1.82) is 0 Å². The smallest absolute Gasteiger partial charge is 0.252 e. The summed E-state index contributed by atoms with van der Waals surface area (Å²) >= 11 is 3.91. The van der Waals surface area contributed by atoms with Crippen LogP contribution in [0.2, 0.25) is 0 Å². The van der Waals surface area contributed by atoms with Crippen LogP contribution in [0, 0.1) is 9.39 Å². The quantitative estimate of drug-likeness (QED) is 0.791. The van der Waals surface area contributed by atoms with Gasteiger partial charge in [-0.3, -0.25) is 4.79 Å². The Balaban J connectivity index is 1.94. The molecule has 0 radical (unpaired) electrons. The second-order valence-electron chi connectivity index (χ2n) is 4.81. The van der Waals surface area contributed by atoms with Crippen molar-refractivity contribution < 1.29 is 9.18 Å². The van der Waals surface area contributed by atoms with E-state index in [4.69, 9.17) is 0 Å². The number of thioether (sulfide) groups is 1. The van der Waals surface area contributed by atoms with Gasteiger partial charge in [0.05, 0.1) is 5.56 Å². The average molecular weight is 393 g/mol. The Morgan fingerprint density at radius 2 is 2.05 bits per heavy atom. The fraction of sp³-hybridized carbons (Fsp3) is 0.500. The Bertz CT molecular complexity index is 461. The second-order valence-corrected chi connectivity index (χ2v) is 7.11. The largest absolute Gasteiger partial charge is 0.349 e. The monoisotopic (exact) mass is 393 g/mol. The first-order valence-electron chi connectivity index (χ1n) is 6.39. The first-order chi connectivity index (χ1) is 9.10. The zero-order valence-corrected chi connectivity index (χ0v) is 13.8. The third-order valence-electron chi connectivity index (χ3n) is 3.52. The first kappa shape index (κ1) is 15.1. The average Bonchev–Trinajstić information content (AvgIpc) is 2.39. The number of rotatable bonds is 3. The molecule has 0 heterocycles. The van der Waals surface area contributed by atoms with Gasteiger partial charge in [-0.05, 0) is 72.7 Å². The maximum Gasteiger partial charge on any atom is 0.252 e. The number of nitrogens with one attached hydrogen (secondary N) is 1. The molecule has 1 aromatic carbocycles. The molecule has 1 N–H and O–H groups in total. The van der Waals surface area contributed by atoms with E-state index in [0.717, 1.165) is 30.9 Å². The van der Waals surface area contributed by atoms with Crippen LogP contribution in [0.5, 0.6) is 0 Å². The topological polar surface area (TPSA) is 29.1 Å². The van der Waals surface area contributed by atoms with E-state index in [-0.39, 0.29) is 17.8 Å². The van der Waals surface area contributed by atoms with E-state index >= 15 is 0 Å². The number of benzene rings is 1. The van der Waals surface area contributed by atoms with Gasteiger partial charge in [-0.25, -0.2) is 4.39 Å². The molecule has 0 atom stereocenters. The molecular weight excluding hydrogens is 376 g/mol. The van der Waals surface area contributed by atoms with Gasteiger partial charge >= 0.3 is 0 Å². The lowest BCUT2D eigenvalue weighted by atomic mass is 9.94. The van der Waals surface area contributed by atoms with Crippen LogP contribution in [-0.2, 0) is 0 Å². The summed E-state index contributed by atoms with van der Waals surface area (Å²) in [6.07, 6.45) is 6.54. The molecule has 5 heteroatoms. The van der Waals surface area contributed by atoms with Crippen molar-refractivity contribution in [2.75, 3.05) is 6.26 Å². The van der Waals surface area contributed by atoms with Gasteiger partial charge in [-0.15, -0.1) is 0 Å². The maximum atomic E-state index is 13.0. The van der Waals surface area contributed by atoms with Crippen LogP contribution < -0.4 is 5.32 Å². The first-order valence-corrected chi connectivity index (χ1v) is 8.75. The summed E-state index contributed by atoms with van der Waals surface area (Å²) in [5.74, 6) is -0.390. The lowest BCUT2D eigenvalue weighted by Gasteiger charge is -2.28. The standard InChI is InChI=1S/C14H17FINOS/c1-19-11-5-3-10(4-6-11)17-14(18)12-7-2-9(15)8-13(12)16/h2,7-8,10-11H,3-6H2,1H3,(H,17,18). The zero-order valence-electron chi connectivity index (χ0n) is 10.8. The Morgan fingerprint density at radius 3 is 2.63 bits per heavy atom. The van der Waals surface area contributed by atoms with Crippen molar-refractivity contribution in [2.24, 2.45) is 0 Å². The normalized spacial score (nSPS) is 23.1. The molecule has 1 fully saturated rings. The summed E-state index contributed by atoms with van der Waals surface area (Å²) in [6.45, 7) is 0. The minimum absolute atomic E-state index is 0.0861. The summed E-state index contributed by atoms with van der Waals surface area (Å²) < 4.78 is 13.7. The van der Waals surface area contributed by atoms with E-state index < -0.39 is 0 Å². The van der Waals surface area contributed by atoms with Crippen molar-refractivity contribution in [3.63, 3.8) is 0 Å². The van der Waals surface area contributed by atoms with E-state index in [1.807, 2.05) is 34.4 Å². The second kappa shape index (κ2) is 6.92. The molecule has 1 aliphatic carbocycles. The lowest BCUT2D eigenvalue weighted by molar-refractivity contribution is 0.0927. The number of halogens is 2. The summed E-state index contributed by atoms with van der Waals surface area (Å²) in [7, 11) is 0. The number of hydrogen-bond donors (Lipinski definition) is 1. The number of amides is 1. The van der Waals surface area contributed by atoms with Gasteiger partial charge in [-0.1, -0.05) is 0 Å². The Kier molecular flexibility index (Phi) is 5.50. The SMILES string of the molecule is CSC1CCC(NC(=O)c2ccc(F)cc2I)CC1. The minimum atomic E-state index is -0.304. The molecule has 0 aliphatic heterocycles. The molecule has 1 saturated carbocycles. The van der Waals surface area contributed by atoms with Crippen LogP contribution in [0.4, 0.5) is 4.39 Å². The Labute approximate surface area is 131 Å². The van der Waals surface area contributed by atoms with Gasteiger partial charge in [0.25, 0.3) is 5.91 Å². The van der Waals surface area contributed by atoms with Gasteiger partial charge in [0.15, 0.2) is 0 Å². The van der Waals surface area contributed by atoms with Crippen molar-refractivity contribution in [1.82, 2.24) is 5.32 Å². The number of carbonyl (C=O) groups excluding carboxylic acids is 1. The van der Waals surface area contributed by atoms with Crippen LogP contribution in [0.1, 0.15) is 36.0 Å². The third kappa shape index (κ3) is 4.08. The van der Waals surface area contributed by atoms with Crippen molar-refractivity contribution >= 4 is 40.3 Å². The Morgan fingerprint density at radius 1 is 1.37 bits per heavy atom. The van der Waals surface area contributed by atoms with Gasteiger partial charge in [0.2, 0.25) is 0 Å². The van der Waals surface area contributed by atoms with E-state index in [2.05, 4.69) is 11.6 Å². The van der Waals surface area contributed by atoms with Gasteiger partial charge in [0, 0.05) is 14.9 Å². The lowest BCUT2D eigenvalue weighted by Crippen LogP contribution is -2.38. The highest BCUT2D eigenvalue weighted by atomic mass is 127. The highest BCUT2D eigenvalue weighted by molar-refractivity contribution is 14.1. The predicted octanol–water partition coefficient (Wildman–Crippen LogP) is 3.83. The fourth-order valence-corrected chi connectivity index (χ4v) is 3.85. The molecule has 0 saturated heterocycles. The maximum absolute atomic E-state index is 13.0. The van der Waals surface area contributed by atoms with Crippen LogP contribution in [-0.4, -0.2) is 23.5 Å². The molecule has 1 aliphatic rings. The third-order valence-corrected chi connectivity index (χ3v) is 5.55. The number of hydrogen-bond acceptors (Lipinski definition) is 2. The van der Waals surface area contributed by atoms with E-state index in [1.165, 1.54) is 12.1 Å². The fourth-order valence-electron chi connectivity index (χ4n) is 2.38. The van der Waals surface area contributed by atoms with Crippen LogP contribution in [0.15, 0.2) is 18.2 Å². The van der Waals surface area contributed by atoms with Crippen molar-refractivity contribution in [2.45, 2.75) is 37.0 Å². The van der Waals surface area contributed by atoms with E-state index in [1.54, 1.807) is 6.07 Å². The zero-order chi connectivity index (χ0) is 13.8. The predicted molar refractivity (Wildman–Crippen MR) is 86.1 cm³/mol. The van der Waals surface area contributed by atoms with Gasteiger partial charge < -0.3 is 5.32 Å². The molecule has 2 rings (SSSR count). The molecule has 0 bridgehead atoms. The highest BCUT2D eigenvalue weighted by Crippen LogP contribution is 2.27. The minimum Gasteiger partial charge on any atom is -0.349 e. The van der Waals surface area contributed by atoms with Gasteiger partial charge in [0.1, 0.15) is 5.82 Å². The number of carbonyl (C=O) groups is 1. The molecule has 0 unspecified atom stereocenters. The molecule has 19 heavy (non-hydrogen) atoms. The highest BCUT2D eigenvalue weighted by Gasteiger charge is 2.22. The molecule has 2 nitrogen and oxygen atoms in total. The summed E-state index contributed by atoms with van der Waals surface area (Å²) in [6, 6.07) is 4.54.